The van der Waals surface area contributed by atoms with Crippen molar-refractivity contribution in [2.75, 3.05) is 6.61 Å². The normalized spacial score (nSPS) is 12.1. The number of benzene rings is 1. The van der Waals surface area contributed by atoms with Crippen LogP contribution in [0, 0.1) is 5.92 Å². The lowest BCUT2D eigenvalue weighted by atomic mass is 10.1. The van der Waals surface area contributed by atoms with Crippen LogP contribution < -0.4 is 0 Å². The Labute approximate surface area is 97.6 Å². The molecule has 16 heavy (non-hydrogen) atoms. The van der Waals surface area contributed by atoms with E-state index >= 15 is 0 Å². The van der Waals surface area contributed by atoms with Crippen molar-refractivity contribution >= 4 is 5.97 Å². The number of hydrogen-bond acceptors (Lipinski definition) is 2. The van der Waals surface area contributed by atoms with Crippen molar-refractivity contribution in [1.82, 2.24) is 0 Å². The second kappa shape index (κ2) is 7.04. The van der Waals surface area contributed by atoms with Crippen molar-refractivity contribution in [1.29, 1.82) is 0 Å². The first kappa shape index (κ1) is 12.8. The Morgan fingerprint density at radius 2 is 2.00 bits per heavy atom. The minimum Gasteiger partial charge on any atom is -0.465 e. The van der Waals surface area contributed by atoms with Crippen molar-refractivity contribution in [3.8, 4) is 0 Å². The van der Waals surface area contributed by atoms with E-state index in [9.17, 15) is 4.79 Å². The predicted molar refractivity (Wildman–Crippen MR) is 65.2 cm³/mol. The van der Waals surface area contributed by atoms with E-state index in [0.717, 1.165) is 12.8 Å². The van der Waals surface area contributed by atoms with Crippen LogP contribution in [-0.2, 0) is 16.0 Å². The average molecular weight is 220 g/mol. The lowest BCUT2D eigenvalue weighted by Crippen LogP contribution is -2.11. The molecule has 1 rings (SSSR count). The van der Waals surface area contributed by atoms with Crippen LogP contribution in [0.4, 0.5) is 0 Å². The number of aryl methyl sites for hydroxylation is 1. The van der Waals surface area contributed by atoms with E-state index in [1.54, 1.807) is 0 Å². The SMILES string of the molecule is CC[C@H](C)COC(=O)CCc1ccccc1. The van der Waals surface area contributed by atoms with Gasteiger partial charge in [-0.3, -0.25) is 4.79 Å². The highest BCUT2D eigenvalue weighted by molar-refractivity contribution is 5.69. The van der Waals surface area contributed by atoms with Gasteiger partial charge in [-0.15, -0.1) is 0 Å². The van der Waals surface area contributed by atoms with Gasteiger partial charge >= 0.3 is 5.97 Å². The summed E-state index contributed by atoms with van der Waals surface area (Å²) in [6.07, 6.45) is 2.28. The average Bonchev–Trinajstić information content (AvgIpc) is 2.34. The third kappa shape index (κ3) is 4.96. The van der Waals surface area contributed by atoms with Crippen molar-refractivity contribution in [3.63, 3.8) is 0 Å². The van der Waals surface area contributed by atoms with Gasteiger partial charge < -0.3 is 4.74 Å². The summed E-state index contributed by atoms with van der Waals surface area (Å²) < 4.78 is 5.18. The van der Waals surface area contributed by atoms with Crippen LogP contribution in [0.2, 0.25) is 0 Å². The summed E-state index contributed by atoms with van der Waals surface area (Å²) in [5.74, 6) is 0.366. The van der Waals surface area contributed by atoms with Gasteiger partial charge in [-0.2, -0.15) is 0 Å². The number of carbonyl (C=O) groups is 1. The van der Waals surface area contributed by atoms with E-state index in [1.165, 1.54) is 5.56 Å². The number of carbonyl (C=O) groups excluding carboxylic acids is 1. The van der Waals surface area contributed by atoms with Gasteiger partial charge in [0.05, 0.1) is 6.61 Å². The van der Waals surface area contributed by atoms with Crippen molar-refractivity contribution in [2.24, 2.45) is 5.92 Å². The van der Waals surface area contributed by atoms with Gasteiger partial charge in [-0.05, 0) is 17.9 Å². The molecule has 0 aliphatic carbocycles. The van der Waals surface area contributed by atoms with Crippen molar-refractivity contribution in [3.05, 3.63) is 35.9 Å². The van der Waals surface area contributed by atoms with Crippen LogP contribution >= 0.6 is 0 Å². The van der Waals surface area contributed by atoms with E-state index in [4.69, 9.17) is 4.74 Å². The standard InChI is InChI=1S/C14H20O2/c1-3-12(2)11-16-14(15)10-9-13-7-5-4-6-8-13/h4-8,12H,3,9-11H2,1-2H3/t12-/m0/s1. The van der Waals surface area contributed by atoms with Crippen LogP contribution in [-0.4, -0.2) is 12.6 Å². The Kier molecular flexibility index (Phi) is 5.62. The first-order valence-electron chi connectivity index (χ1n) is 5.92. The summed E-state index contributed by atoms with van der Waals surface area (Å²) in [7, 11) is 0. The maximum atomic E-state index is 11.4. The number of ether oxygens (including phenoxy) is 1. The highest BCUT2D eigenvalue weighted by Gasteiger charge is 2.06. The zero-order valence-corrected chi connectivity index (χ0v) is 10.1. The molecule has 0 aliphatic heterocycles. The van der Waals surface area contributed by atoms with Crippen LogP contribution in [0.5, 0.6) is 0 Å². The van der Waals surface area contributed by atoms with Crippen LogP contribution in [0.15, 0.2) is 30.3 Å². The fourth-order valence-electron chi connectivity index (χ4n) is 1.32. The first-order valence-corrected chi connectivity index (χ1v) is 5.92. The van der Waals surface area contributed by atoms with Gasteiger partial charge in [0.1, 0.15) is 0 Å². The van der Waals surface area contributed by atoms with E-state index in [2.05, 4.69) is 13.8 Å². The van der Waals surface area contributed by atoms with Gasteiger partial charge in [0.25, 0.3) is 0 Å². The minimum absolute atomic E-state index is 0.0934. The first-order chi connectivity index (χ1) is 7.72. The van der Waals surface area contributed by atoms with E-state index in [1.807, 2.05) is 30.3 Å². The lowest BCUT2D eigenvalue weighted by molar-refractivity contribution is -0.144. The third-order valence-electron chi connectivity index (χ3n) is 2.69. The number of esters is 1. The van der Waals surface area contributed by atoms with E-state index in [0.29, 0.717) is 18.9 Å². The predicted octanol–water partition coefficient (Wildman–Crippen LogP) is 3.21. The van der Waals surface area contributed by atoms with Gasteiger partial charge in [0.2, 0.25) is 0 Å². The molecule has 0 bridgehead atoms. The van der Waals surface area contributed by atoms with Crippen LogP contribution in [0.1, 0.15) is 32.3 Å². The quantitative estimate of drug-likeness (QED) is 0.688. The molecule has 2 nitrogen and oxygen atoms in total. The molecule has 0 spiro atoms. The fraction of sp³-hybridized carbons (Fsp3) is 0.500. The zero-order valence-electron chi connectivity index (χ0n) is 10.1. The Morgan fingerprint density at radius 1 is 1.31 bits per heavy atom. The molecule has 0 saturated heterocycles. The van der Waals surface area contributed by atoms with Gasteiger partial charge in [0.15, 0.2) is 0 Å². The smallest absolute Gasteiger partial charge is 0.306 e. The maximum Gasteiger partial charge on any atom is 0.306 e. The molecule has 0 fully saturated rings. The summed E-state index contributed by atoms with van der Waals surface area (Å²) >= 11 is 0. The molecule has 0 saturated carbocycles. The van der Waals surface area contributed by atoms with E-state index < -0.39 is 0 Å². The molecule has 88 valence electrons. The van der Waals surface area contributed by atoms with Crippen LogP contribution in [0.3, 0.4) is 0 Å². The number of rotatable bonds is 6. The summed E-state index contributed by atoms with van der Waals surface area (Å²) in [6.45, 7) is 4.73. The topological polar surface area (TPSA) is 26.3 Å². The van der Waals surface area contributed by atoms with Gasteiger partial charge in [-0.25, -0.2) is 0 Å². The molecule has 1 atom stereocenters. The van der Waals surface area contributed by atoms with Crippen molar-refractivity contribution < 1.29 is 9.53 Å². The van der Waals surface area contributed by atoms with Crippen molar-refractivity contribution in [2.45, 2.75) is 33.1 Å². The van der Waals surface area contributed by atoms with Gasteiger partial charge in [0, 0.05) is 6.42 Å². The lowest BCUT2D eigenvalue weighted by Gasteiger charge is -2.09. The molecule has 0 radical (unpaired) electrons. The summed E-state index contributed by atoms with van der Waals surface area (Å²) in [5.41, 5.74) is 1.18. The largest absolute Gasteiger partial charge is 0.465 e. The molecular formula is C14H20O2. The highest BCUT2D eigenvalue weighted by atomic mass is 16.5. The number of hydrogen-bond donors (Lipinski definition) is 0. The second-order valence-electron chi connectivity index (χ2n) is 4.18. The molecule has 1 aromatic rings. The maximum absolute atomic E-state index is 11.4. The molecule has 0 N–H and O–H groups in total. The second-order valence-corrected chi connectivity index (χ2v) is 4.18. The Morgan fingerprint density at radius 3 is 2.62 bits per heavy atom. The molecule has 0 amide bonds. The summed E-state index contributed by atoms with van der Waals surface area (Å²) in [5, 5.41) is 0. The molecular weight excluding hydrogens is 200 g/mol. The molecule has 0 aliphatic rings. The van der Waals surface area contributed by atoms with Crippen LogP contribution in [0.25, 0.3) is 0 Å². The van der Waals surface area contributed by atoms with Gasteiger partial charge in [-0.1, -0.05) is 50.6 Å². The molecule has 1 aromatic carbocycles. The third-order valence-corrected chi connectivity index (χ3v) is 2.69. The Bertz CT molecular complexity index is 306. The summed E-state index contributed by atoms with van der Waals surface area (Å²) in [4.78, 5) is 11.4. The fourth-order valence-corrected chi connectivity index (χ4v) is 1.32. The molecule has 2 heteroatoms. The molecule has 0 heterocycles. The molecule has 0 unspecified atom stereocenters. The monoisotopic (exact) mass is 220 g/mol. The highest BCUT2D eigenvalue weighted by Crippen LogP contribution is 2.05. The minimum atomic E-state index is -0.0934. The Balaban J connectivity index is 2.20. The summed E-state index contributed by atoms with van der Waals surface area (Å²) in [6, 6.07) is 10.0. The molecule has 0 aromatic heterocycles. The zero-order chi connectivity index (χ0) is 11.8. The van der Waals surface area contributed by atoms with E-state index in [-0.39, 0.29) is 5.97 Å². The Hall–Kier alpha value is -1.31.